The molecule has 3 nitrogen and oxygen atoms in total. The van der Waals surface area contributed by atoms with Gasteiger partial charge in [0, 0.05) is 25.9 Å². The van der Waals surface area contributed by atoms with E-state index in [1.165, 1.54) is 0 Å². The molecule has 0 aliphatic carbocycles. The number of rotatable bonds is 5. The lowest BCUT2D eigenvalue weighted by molar-refractivity contribution is 0.0947. The summed E-state index contributed by atoms with van der Waals surface area (Å²) in [7, 11) is 1.85. The highest BCUT2D eigenvalue weighted by Gasteiger charge is 2.15. The Hall–Kier alpha value is -1.12. The number of aromatic nitrogens is 2. The smallest absolute Gasteiger partial charge is 0.198 e. The molecule has 1 atom stereocenters. The molecule has 0 aliphatic heterocycles. The Labute approximate surface area is 91.5 Å². The van der Waals surface area contributed by atoms with Crippen LogP contribution in [0.2, 0.25) is 0 Å². The fourth-order valence-electron chi connectivity index (χ4n) is 1.93. The van der Waals surface area contributed by atoms with E-state index in [-0.39, 0.29) is 5.78 Å². The van der Waals surface area contributed by atoms with Crippen molar-refractivity contribution < 1.29 is 4.79 Å². The zero-order valence-corrected chi connectivity index (χ0v) is 10.0. The van der Waals surface area contributed by atoms with Gasteiger partial charge in [0.2, 0.25) is 0 Å². The van der Waals surface area contributed by atoms with Crippen LogP contribution in [0.4, 0.5) is 0 Å². The molecule has 0 saturated carbocycles. The van der Waals surface area contributed by atoms with Gasteiger partial charge in [0.25, 0.3) is 0 Å². The van der Waals surface area contributed by atoms with Crippen molar-refractivity contribution in [1.29, 1.82) is 0 Å². The standard InChI is InChI=1S/C12H20N2O/c1-9(2)7-10(3)8-11(15)12-13-5-6-14(12)4/h5-6,9-10H,7-8H2,1-4H3/t10-/m1/s1. The van der Waals surface area contributed by atoms with Crippen molar-refractivity contribution in [3.05, 3.63) is 18.2 Å². The highest BCUT2D eigenvalue weighted by atomic mass is 16.1. The van der Waals surface area contributed by atoms with Crippen LogP contribution in [-0.4, -0.2) is 15.3 Å². The van der Waals surface area contributed by atoms with Crippen molar-refractivity contribution >= 4 is 5.78 Å². The Kier molecular flexibility index (Phi) is 4.06. The molecule has 0 N–H and O–H groups in total. The number of carbonyl (C=O) groups excluding carboxylic acids is 1. The predicted molar refractivity (Wildman–Crippen MR) is 60.8 cm³/mol. The fraction of sp³-hybridized carbons (Fsp3) is 0.667. The number of hydrogen-bond acceptors (Lipinski definition) is 2. The second kappa shape index (κ2) is 5.10. The molecule has 0 unspecified atom stereocenters. The highest BCUT2D eigenvalue weighted by Crippen LogP contribution is 2.16. The van der Waals surface area contributed by atoms with Crippen LogP contribution in [0.15, 0.2) is 12.4 Å². The van der Waals surface area contributed by atoms with Crippen molar-refractivity contribution in [2.45, 2.75) is 33.6 Å². The van der Waals surface area contributed by atoms with E-state index in [0.29, 0.717) is 24.1 Å². The van der Waals surface area contributed by atoms with Gasteiger partial charge >= 0.3 is 0 Å². The first kappa shape index (κ1) is 12.0. The minimum atomic E-state index is 0.149. The highest BCUT2D eigenvalue weighted by molar-refractivity contribution is 5.92. The van der Waals surface area contributed by atoms with Gasteiger partial charge in [-0.15, -0.1) is 0 Å². The Morgan fingerprint density at radius 2 is 2.13 bits per heavy atom. The van der Waals surface area contributed by atoms with Gasteiger partial charge in [-0.25, -0.2) is 4.98 Å². The molecule has 0 amide bonds. The summed E-state index contributed by atoms with van der Waals surface area (Å²) in [6.45, 7) is 6.49. The number of aryl methyl sites for hydroxylation is 1. The number of carbonyl (C=O) groups is 1. The Morgan fingerprint density at radius 3 is 2.60 bits per heavy atom. The van der Waals surface area contributed by atoms with E-state index in [1.54, 1.807) is 17.0 Å². The third-order valence-corrected chi connectivity index (χ3v) is 2.48. The van der Waals surface area contributed by atoms with Crippen molar-refractivity contribution in [3.63, 3.8) is 0 Å². The van der Waals surface area contributed by atoms with Crippen LogP contribution >= 0.6 is 0 Å². The first-order valence-electron chi connectivity index (χ1n) is 5.51. The molecule has 1 heterocycles. The Morgan fingerprint density at radius 1 is 1.47 bits per heavy atom. The fourth-order valence-corrected chi connectivity index (χ4v) is 1.93. The summed E-state index contributed by atoms with van der Waals surface area (Å²) in [6.07, 6.45) is 5.17. The zero-order chi connectivity index (χ0) is 11.4. The maximum absolute atomic E-state index is 11.8. The molecule has 0 aromatic carbocycles. The van der Waals surface area contributed by atoms with Crippen LogP contribution in [0.5, 0.6) is 0 Å². The van der Waals surface area contributed by atoms with E-state index in [1.807, 2.05) is 7.05 Å². The minimum absolute atomic E-state index is 0.149. The van der Waals surface area contributed by atoms with E-state index < -0.39 is 0 Å². The summed E-state index contributed by atoms with van der Waals surface area (Å²) in [5.74, 6) is 1.81. The van der Waals surface area contributed by atoms with E-state index in [4.69, 9.17) is 0 Å². The number of imidazole rings is 1. The maximum atomic E-state index is 11.8. The summed E-state index contributed by atoms with van der Waals surface area (Å²) < 4.78 is 1.78. The summed E-state index contributed by atoms with van der Waals surface area (Å²) in [5, 5.41) is 0. The average Bonchev–Trinajstić information content (AvgIpc) is 2.49. The van der Waals surface area contributed by atoms with Gasteiger partial charge in [0.1, 0.15) is 0 Å². The first-order valence-corrected chi connectivity index (χ1v) is 5.51. The Bertz CT molecular complexity index is 328. The zero-order valence-electron chi connectivity index (χ0n) is 10.0. The lowest BCUT2D eigenvalue weighted by atomic mass is 9.94. The molecule has 3 heteroatoms. The molecule has 0 aliphatic rings. The molecule has 1 rings (SSSR count). The topological polar surface area (TPSA) is 34.9 Å². The molecule has 1 aromatic heterocycles. The van der Waals surface area contributed by atoms with Crippen molar-refractivity contribution in [3.8, 4) is 0 Å². The summed E-state index contributed by atoms with van der Waals surface area (Å²) in [4.78, 5) is 15.9. The van der Waals surface area contributed by atoms with Crippen molar-refractivity contribution in [2.24, 2.45) is 18.9 Å². The quantitative estimate of drug-likeness (QED) is 0.697. The number of Topliss-reactive ketones (excluding diaryl/α,β-unsaturated/α-hetero) is 1. The molecule has 0 saturated heterocycles. The normalized spacial score (nSPS) is 13.1. The third kappa shape index (κ3) is 3.50. The lowest BCUT2D eigenvalue weighted by Crippen LogP contribution is -2.12. The number of hydrogen-bond donors (Lipinski definition) is 0. The maximum Gasteiger partial charge on any atom is 0.198 e. The van der Waals surface area contributed by atoms with Gasteiger partial charge in [-0.1, -0.05) is 20.8 Å². The van der Waals surface area contributed by atoms with E-state index in [2.05, 4.69) is 25.8 Å². The monoisotopic (exact) mass is 208 g/mol. The van der Waals surface area contributed by atoms with Gasteiger partial charge in [0.15, 0.2) is 11.6 Å². The van der Waals surface area contributed by atoms with Gasteiger partial charge in [-0.05, 0) is 18.3 Å². The largest absolute Gasteiger partial charge is 0.332 e. The van der Waals surface area contributed by atoms with Crippen molar-refractivity contribution in [2.75, 3.05) is 0 Å². The molecular formula is C12H20N2O. The summed E-state index contributed by atoms with van der Waals surface area (Å²) in [5.41, 5.74) is 0. The third-order valence-electron chi connectivity index (χ3n) is 2.48. The second-order valence-electron chi connectivity index (χ2n) is 4.72. The molecule has 0 spiro atoms. The molecule has 0 radical (unpaired) electrons. The SMILES string of the molecule is CC(C)C[C@@H](C)CC(=O)c1nccn1C. The van der Waals surface area contributed by atoms with E-state index in [9.17, 15) is 4.79 Å². The summed E-state index contributed by atoms with van der Waals surface area (Å²) in [6, 6.07) is 0. The number of nitrogens with zero attached hydrogens (tertiary/aromatic N) is 2. The van der Waals surface area contributed by atoms with Crippen LogP contribution in [0.1, 0.15) is 44.2 Å². The van der Waals surface area contributed by atoms with Gasteiger partial charge in [-0.2, -0.15) is 0 Å². The van der Waals surface area contributed by atoms with Crippen molar-refractivity contribution in [1.82, 2.24) is 9.55 Å². The number of ketones is 1. The first-order chi connectivity index (χ1) is 7.00. The summed E-state index contributed by atoms with van der Waals surface area (Å²) >= 11 is 0. The molecule has 1 aromatic rings. The van der Waals surface area contributed by atoms with Crippen LogP contribution in [0, 0.1) is 11.8 Å². The molecule has 0 fully saturated rings. The van der Waals surface area contributed by atoms with Crippen LogP contribution in [0.3, 0.4) is 0 Å². The molecule has 0 bridgehead atoms. The second-order valence-corrected chi connectivity index (χ2v) is 4.72. The van der Waals surface area contributed by atoms with Crippen LogP contribution in [-0.2, 0) is 7.05 Å². The Balaban J connectivity index is 2.53. The molecular weight excluding hydrogens is 188 g/mol. The molecule has 15 heavy (non-hydrogen) atoms. The van der Waals surface area contributed by atoms with Gasteiger partial charge in [-0.3, -0.25) is 4.79 Å². The van der Waals surface area contributed by atoms with Gasteiger partial charge < -0.3 is 4.57 Å². The van der Waals surface area contributed by atoms with Gasteiger partial charge in [0.05, 0.1) is 0 Å². The van der Waals surface area contributed by atoms with Crippen LogP contribution in [0.25, 0.3) is 0 Å². The lowest BCUT2D eigenvalue weighted by Gasteiger charge is -2.12. The predicted octanol–water partition coefficient (Wildman–Crippen LogP) is 2.68. The van der Waals surface area contributed by atoms with E-state index >= 15 is 0 Å². The molecule has 84 valence electrons. The minimum Gasteiger partial charge on any atom is -0.332 e. The van der Waals surface area contributed by atoms with Crippen LogP contribution < -0.4 is 0 Å². The van der Waals surface area contributed by atoms with E-state index in [0.717, 1.165) is 6.42 Å². The average molecular weight is 208 g/mol.